The number of aryl methyl sites for hydroxylation is 6. The summed E-state index contributed by atoms with van der Waals surface area (Å²) < 4.78 is 37.5. The second kappa shape index (κ2) is 40.3. The minimum atomic E-state index is -0.125. The van der Waals surface area contributed by atoms with Gasteiger partial charge in [-0.05, 0) is 189 Å². The fraction of sp³-hybridized carbons (Fsp3) is 0.114. The van der Waals surface area contributed by atoms with E-state index in [0.29, 0.717) is 17.1 Å². The Morgan fingerprint density at radius 3 is 1.09 bits per heavy atom. The molecule has 0 atom stereocenters. The van der Waals surface area contributed by atoms with E-state index in [1.54, 1.807) is 0 Å². The molecule has 635 valence electrons. The maximum atomic E-state index is 10.0. The van der Waals surface area contributed by atoms with Gasteiger partial charge in [0.2, 0.25) is 17.1 Å². The molecule has 0 amide bonds. The second-order valence-electron chi connectivity index (χ2n) is 29.9. The number of fused-ring (bicyclic) bond motifs is 12. The van der Waals surface area contributed by atoms with Crippen molar-refractivity contribution in [1.29, 1.82) is 0 Å². The first-order chi connectivity index (χ1) is 59.4. The molecule has 0 saturated heterocycles. The van der Waals surface area contributed by atoms with Crippen LogP contribution in [-0.2, 0) is 74.7 Å². The smallest absolute Gasteiger partial charge is 0.216 e. The van der Waals surface area contributed by atoms with Crippen LogP contribution in [0.25, 0.3) is 189 Å². The number of pyridine rings is 6. The first-order valence-electron chi connectivity index (χ1n) is 39.7. The molecule has 0 aliphatic carbocycles. The maximum Gasteiger partial charge on any atom is 0.216 e. The van der Waals surface area contributed by atoms with Gasteiger partial charge in [-0.1, -0.05) is 166 Å². The van der Waals surface area contributed by atoms with E-state index < -0.39 is 0 Å². The van der Waals surface area contributed by atoms with E-state index >= 15 is 0 Å². The molecule has 20 aromatic rings. The van der Waals surface area contributed by atoms with Gasteiger partial charge in [-0.25, -0.2) is 15.0 Å². The van der Waals surface area contributed by atoms with Crippen LogP contribution in [0.5, 0.6) is 0 Å². The predicted molar refractivity (Wildman–Crippen MR) is 487 cm³/mol. The molecule has 12 aromatic heterocycles. The third-order valence-electron chi connectivity index (χ3n) is 20.2. The summed E-state index contributed by atoms with van der Waals surface area (Å²) in [5.41, 5.74) is 25.2. The zero-order valence-electron chi connectivity index (χ0n) is 70.6. The average Bonchev–Trinajstić information content (AvgIpc) is 1.59. The summed E-state index contributed by atoms with van der Waals surface area (Å²) in [6, 6.07) is 87.3. The molecule has 18 nitrogen and oxygen atoms in total. The number of nitrogens with zero attached hydrogens (tertiary/aromatic N) is 6. The Balaban J connectivity index is 0.000000153. The molecule has 0 saturated carbocycles. The molecule has 8 aromatic carbocycles. The van der Waals surface area contributed by atoms with Gasteiger partial charge in [-0.2, -0.15) is 0 Å². The van der Waals surface area contributed by atoms with Crippen LogP contribution in [0.4, 0.5) is 0 Å². The number of rotatable bonds is 11. The molecule has 0 aliphatic heterocycles. The van der Waals surface area contributed by atoms with Crippen LogP contribution >= 0.6 is 0 Å². The van der Waals surface area contributed by atoms with Crippen molar-refractivity contribution in [3.63, 3.8) is 0 Å². The third-order valence-corrected chi connectivity index (χ3v) is 20.2. The number of furan rings is 6. The Morgan fingerprint density at radius 2 is 0.683 bits per heavy atom. The second-order valence-corrected chi connectivity index (χ2v) is 29.9. The fourth-order valence-electron chi connectivity index (χ4n) is 14.8. The van der Waals surface area contributed by atoms with E-state index in [1.807, 2.05) is 179 Å². The number of aliphatic hydroxyl groups excluding tert-OH is 3. The summed E-state index contributed by atoms with van der Waals surface area (Å²) in [7, 11) is 0. The van der Waals surface area contributed by atoms with Gasteiger partial charge in [0.15, 0.2) is 17.3 Å². The molecule has 0 bridgehead atoms. The van der Waals surface area contributed by atoms with E-state index in [4.69, 9.17) is 56.8 Å². The van der Waals surface area contributed by atoms with Crippen molar-refractivity contribution >= 4 is 116 Å². The molecule has 0 spiro atoms. The zero-order chi connectivity index (χ0) is 86.3. The fourth-order valence-corrected chi connectivity index (χ4v) is 14.8. The Morgan fingerprint density at radius 1 is 0.325 bits per heavy atom. The van der Waals surface area contributed by atoms with Gasteiger partial charge < -0.3 is 56.8 Å². The number of benzene rings is 8. The van der Waals surface area contributed by atoms with Crippen LogP contribution in [0.2, 0.25) is 0 Å². The molecule has 0 fully saturated rings. The molecule has 21 heteroatoms. The monoisotopic (exact) mass is 2200 g/mol. The van der Waals surface area contributed by atoms with Crippen molar-refractivity contribution in [2.24, 2.45) is 0 Å². The van der Waals surface area contributed by atoms with Crippen molar-refractivity contribution in [2.45, 2.75) is 83.1 Å². The maximum absolute atomic E-state index is 10.0. The van der Waals surface area contributed by atoms with Gasteiger partial charge in [0.25, 0.3) is 0 Å². The number of allylic oxidation sites excluding steroid dienone is 6. The minimum Gasteiger partial charge on any atom is -0.512 e. The van der Waals surface area contributed by atoms with E-state index in [-0.39, 0.29) is 94.9 Å². The number of hydrogen-bond acceptors (Lipinski definition) is 18. The van der Waals surface area contributed by atoms with Gasteiger partial charge in [-0.3, -0.25) is 14.4 Å². The van der Waals surface area contributed by atoms with Crippen molar-refractivity contribution in [1.82, 2.24) is 29.9 Å². The largest absolute Gasteiger partial charge is 0.512 e. The van der Waals surface area contributed by atoms with Crippen molar-refractivity contribution in [3.05, 3.63) is 337 Å². The topological polar surface area (TPSA) is 268 Å². The molecule has 3 radical (unpaired) electrons. The number of carbonyl (C=O) groups is 3. The summed E-state index contributed by atoms with van der Waals surface area (Å²) >= 11 is 0. The van der Waals surface area contributed by atoms with Crippen LogP contribution in [0.1, 0.15) is 75.3 Å². The molecule has 12 heterocycles. The van der Waals surface area contributed by atoms with Gasteiger partial charge in [0, 0.05) is 174 Å². The third kappa shape index (κ3) is 20.4. The van der Waals surface area contributed by atoms with Gasteiger partial charge in [-0.15, -0.1) is 54.6 Å². The number of ketones is 3. The predicted octanol–water partition coefficient (Wildman–Crippen LogP) is 27.1. The summed E-state index contributed by atoms with van der Waals surface area (Å²) in [6.07, 6.45) is 9.11. The first-order valence-corrected chi connectivity index (χ1v) is 39.7. The van der Waals surface area contributed by atoms with Gasteiger partial charge in [0.1, 0.15) is 34.0 Å². The SMILES string of the molecule is CC(=O)C=C(C)O.CC(=O)C=C(C)O.CC(=O)C=C(C)O.Cc1ccc2c(n1)oc1c(-c3cc4oc(-c5ccc(-c6c(C)cccc6C)cc5)cc4cn3)[c-]ccc12.Cc1ccc2c(n1)oc1c(-c3cc4oc(-c5ccccc5)c(-c5ccccc5)c4cn3)[c-]ccc12.Cc1ccc2c(n1)oc1c(-c3cc4oc(-c5ccccc5)c(C)c4cn3)[c-]ccc12.[Ir].[Ir].[Ir]. The van der Waals surface area contributed by atoms with Gasteiger partial charge >= 0.3 is 0 Å². The molecule has 3 N–H and O–H groups in total. The van der Waals surface area contributed by atoms with E-state index in [0.717, 1.165) is 183 Å². The Kier molecular flexibility index (Phi) is 29.2. The van der Waals surface area contributed by atoms with E-state index in [1.165, 1.54) is 82.0 Å². The number of hydrogen-bond donors (Lipinski definition) is 3. The zero-order valence-corrected chi connectivity index (χ0v) is 77.8. The minimum absolute atomic E-state index is 0. The Bertz CT molecular complexity index is 7410. The number of carbonyl (C=O) groups excluding carboxylic acids is 3. The van der Waals surface area contributed by atoms with E-state index in [9.17, 15) is 14.4 Å². The summed E-state index contributed by atoms with van der Waals surface area (Å²) in [5.74, 6) is 2.33. The normalized spacial score (nSPS) is 11.3. The molecule has 0 unspecified atom stereocenters. The average molecular weight is 2200 g/mol. The van der Waals surface area contributed by atoms with E-state index in [2.05, 4.69) is 145 Å². The molecule has 20 rings (SSSR count). The van der Waals surface area contributed by atoms with Crippen molar-refractivity contribution in [3.8, 4) is 90.0 Å². The number of aliphatic hydroxyl groups is 3. The first kappa shape index (κ1) is 91.5. The standard InChI is InChI=1S/C33H23N2O2.C31H19N2O2.C26H17N2O2.3C5H8O2.3Ir/c1-19-6-4-7-20(2)31(19)23-13-11-22(12-14-23)29-16-24-18-34-28(17-30(24)36-29)27-9-5-8-25-26-15-10-21(3)35-33(26)37-32(25)27;1-19-15-16-23-22-13-8-14-24(30(22)35-31(23)33-19)26-17-27-25(18-32-26)28(20-9-4-2-5-10-20)29(34-27)21-11-6-3-7-12-21;1-15-11-12-19-18-9-6-10-20(25(18)30-26(19)28-15)22-13-23-21(14-27-22)16(2)24(29-23)17-7-4-3-5-8-17;3*1-4(6)3-5(2)7;;;/h4-8,10-18H,1-3H3;2-13,15-18H,1H3;3-9,11-14H,1-2H3;3*3,6H,1-2H3;;;/q3*-1;;;;;;. The molecule has 126 heavy (non-hydrogen) atoms. The van der Waals surface area contributed by atoms with Crippen molar-refractivity contribution < 1.29 is 117 Å². The Hall–Kier alpha value is -13.7. The summed E-state index contributed by atoms with van der Waals surface area (Å²) in [4.78, 5) is 58.0. The Labute approximate surface area is 766 Å². The molecular formula is C105H83Ir3N6O12-3. The molecule has 0 aliphatic rings. The van der Waals surface area contributed by atoms with Crippen LogP contribution in [0.15, 0.2) is 311 Å². The quantitative estimate of drug-likeness (QED) is 0.0617. The summed E-state index contributed by atoms with van der Waals surface area (Å²) in [6.45, 7) is 20.8. The van der Waals surface area contributed by atoms with Crippen LogP contribution in [-0.4, -0.2) is 62.6 Å². The van der Waals surface area contributed by atoms with Crippen LogP contribution < -0.4 is 0 Å². The van der Waals surface area contributed by atoms with Gasteiger partial charge in [0.05, 0.1) is 34.0 Å². The van der Waals surface area contributed by atoms with Crippen molar-refractivity contribution in [2.75, 3.05) is 0 Å². The van der Waals surface area contributed by atoms with Crippen LogP contribution in [0.3, 0.4) is 0 Å². The van der Waals surface area contributed by atoms with Crippen LogP contribution in [0, 0.1) is 59.7 Å². The molecular weight excluding hydrogens is 2110 g/mol. The summed E-state index contributed by atoms with van der Waals surface area (Å²) in [5, 5.41) is 34.0. The number of aromatic nitrogens is 6.